The van der Waals surface area contributed by atoms with E-state index in [1.165, 1.54) is 27.6 Å². The fraction of sp³-hybridized carbons (Fsp3) is 0.500. The lowest BCUT2D eigenvalue weighted by Crippen LogP contribution is -2.16. The van der Waals surface area contributed by atoms with Gasteiger partial charge in [-0.05, 0) is 56.5 Å². The van der Waals surface area contributed by atoms with Crippen LogP contribution in [0.1, 0.15) is 30.0 Å². The molecule has 0 saturated carbocycles. The molecule has 102 valence electrons. The third kappa shape index (κ3) is 2.23. The number of rotatable bonds is 4. The Morgan fingerprint density at radius 2 is 2.32 bits per heavy atom. The van der Waals surface area contributed by atoms with Crippen molar-refractivity contribution in [3.63, 3.8) is 0 Å². The topological polar surface area (TPSA) is 37.0 Å². The summed E-state index contributed by atoms with van der Waals surface area (Å²) in [6, 6.07) is 2.18. The van der Waals surface area contributed by atoms with E-state index >= 15 is 0 Å². The van der Waals surface area contributed by atoms with E-state index in [0.29, 0.717) is 0 Å². The maximum Gasteiger partial charge on any atom is 0.123 e. The van der Waals surface area contributed by atoms with Crippen LogP contribution in [0.2, 0.25) is 0 Å². The van der Waals surface area contributed by atoms with Crippen molar-refractivity contribution in [2.24, 2.45) is 0 Å². The van der Waals surface area contributed by atoms with E-state index in [-0.39, 0.29) is 0 Å². The highest BCUT2D eigenvalue weighted by atomic mass is 16.5. The van der Waals surface area contributed by atoms with Gasteiger partial charge in [-0.3, -0.25) is 0 Å². The molecule has 0 bridgehead atoms. The van der Waals surface area contributed by atoms with E-state index in [0.717, 1.165) is 44.7 Å². The van der Waals surface area contributed by atoms with E-state index in [9.17, 15) is 0 Å². The number of fused-ring (bicyclic) bond motifs is 3. The number of benzene rings is 1. The van der Waals surface area contributed by atoms with Crippen LogP contribution in [0.25, 0.3) is 10.9 Å². The zero-order chi connectivity index (χ0) is 13.2. The SMILES string of the molecule is CCNCCc1c[nH]c2c(C)cc3c(c12)CCCO3. The molecule has 0 unspecified atom stereocenters. The fourth-order valence-electron chi connectivity index (χ4n) is 3.00. The number of hydrogen-bond acceptors (Lipinski definition) is 2. The molecular formula is C16H22N2O. The normalized spacial score (nSPS) is 14.4. The lowest BCUT2D eigenvalue weighted by Gasteiger charge is -2.19. The highest BCUT2D eigenvalue weighted by Gasteiger charge is 2.18. The monoisotopic (exact) mass is 258 g/mol. The van der Waals surface area contributed by atoms with Crippen LogP contribution in [0.5, 0.6) is 5.75 Å². The Labute approximate surface area is 114 Å². The second-order valence-electron chi connectivity index (χ2n) is 5.29. The van der Waals surface area contributed by atoms with Gasteiger partial charge < -0.3 is 15.0 Å². The van der Waals surface area contributed by atoms with E-state index in [2.05, 4.69) is 36.4 Å². The van der Waals surface area contributed by atoms with Crippen LogP contribution >= 0.6 is 0 Å². The van der Waals surface area contributed by atoms with Gasteiger partial charge in [-0.2, -0.15) is 0 Å². The molecule has 3 heteroatoms. The van der Waals surface area contributed by atoms with Crippen molar-refractivity contribution in [3.8, 4) is 5.75 Å². The van der Waals surface area contributed by atoms with Crippen molar-refractivity contribution >= 4 is 10.9 Å². The number of likely N-dealkylation sites (N-methyl/N-ethyl adjacent to an activating group) is 1. The molecule has 3 nitrogen and oxygen atoms in total. The number of aryl methyl sites for hydroxylation is 2. The van der Waals surface area contributed by atoms with Crippen molar-refractivity contribution in [3.05, 3.63) is 29.0 Å². The van der Waals surface area contributed by atoms with Gasteiger partial charge in [-0.15, -0.1) is 0 Å². The van der Waals surface area contributed by atoms with Gasteiger partial charge in [-0.1, -0.05) is 6.92 Å². The van der Waals surface area contributed by atoms with E-state index in [4.69, 9.17) is 4.74 Å². The van der Waals surface area contributed by atoms with Gasteiger partial charge in [0.15, 0.2) is 0 Å². The van der Waals surface area contributed by atoms with Gasteiger partial charge in [0.05, 0.1) is 6.61 Å². The Balaban J connectivity index is 2.06. The average Bonchev–Trinajstić information content (AvgIpc) is 2.84. The summed E-state index contributed by atoms with van der Waals surface area (Å²) in [6.45, 7) is 7.23. The zero-order valence-electron chi connectivity index (χ0n) is 11.8. The Hall–Kier alpha value is -1.48. The van der Waals surface area contributed by atoms with Crippen LogP contribution < -0.4 is 10.1 Å². The Bertz CT molecular complexity index is 586. The van der Waals surface area contributed by atoms with E-state index in [1.807, 2.05) is 0 Å². The standard InChI is InChI=1S/C16H22N2O/c1-3-17-7-6-12-10-18-16-11(2)9-14-13(15(12)16)5-4-8-19-14/h9-10,17-18H,3-8H2,1-2H3. The fourth-order valence-corrected chi connectivity index (χ4v) is 3.00. The summed E-state index contributed by atoms with van der Waals surface area (Å²) in [5.41, 5.74) is 5.39. The quantitative estimate of drug-likeness (QED) is 0.827. The smallest absolute Gasteiger partial charge is 0.123 e. The molecular weight excluding hydrogens is 236 g/mol. The Kier molecular flexibility index (Phi) is 3.47. The molecule has 2 aromatic rings. The van der Waals surface area contributed by atoms with Crippen molar-refractivity contribution < 1.29 is 4.74 Å². The highest BCUT2D eigenvalue weighted by molar-refractivity contribution is 5.91. The third-order valence-corrected chi connectivity index (χ3v) is 3.95. The van der Waals surface area contributed by atoms with Gasteiger partial charge in [-0.25, -0.2) is 0 Å². The summed E-state index contributed by atoms with van der Waals surface area (Å²) < 4.78 is 5.83. The predicted molar refractivity (Wildman–Crippen MR) is 79.1 cm³/mol. The molecule has 19 heavy (non-hydrogen) atoms. The number of aromatic amines is 1. The summed E-state index contributed by atoms with van der Waals surface area (Å²) in [5.74, 6) is 1.10. The highest BCUT2D eigenvalue weighted by Crippen LogP contribution is 2.36. The minimum atomic E-state index is 0.856. The third-order valence-electron chi connectivity index (χ3n) is 3.95. The molecule has 0 radical (unpaired) electrons. The maximum atomic E-state index is 5.83. The second kappa shape index (κ2) is 5.25. The van der Waals surface area contributed by atoms with Crippen LogP contribution in [0, 0.1) is 6.92 Å². The largest absolute Gasteiger partial charge is 0.493 e. The number of nitrogens with one attached hydrogen (secondary N) is 2. The molecule has 0 atom stereocenters. The van der Waals surface area contributed by atoms with E-state index < -0.39 is 0 Å². The Morgan fingerprint density at radius 3 is 3.16 bits per heavy atom. The van der Waals surface area contributed by atoms with Crippen LogP contribution in [0.3, 0.4) is 0 Å². The molecule has 2 heterocycles. The summed E-state index contributed by atoms with van der Waals surface area (Å²) in [6.07, 6.45) is 5.51. The van der Waals surface area contributed by atoms with Gasteiger partial charge in [0.25, 0.3) is 0 Å². The van der Waals surface area contributed by atoms with Crippen molar-refractivity contribution in [1.29, 1.82) is 0 Å². The molecule has 0 aliphatic carbocycles. The van der Waals surface area contributed by atoms with Crippen LogP contribution in [-0.2, 0) is 12.8 Å². The van der Waals surface area contributed by atoms with Gasteiger partial charge in [0.1, 0.15) is 5.75 Å². The molecule has 3 rings (SSSR count). The van der Waals surface area contributed by atoms with Crippen LogP contribution in [0.4, 0.5) is 0 Å². The number of aromatic nitrogens is 1. The zero-order valence-corrected chi connectivity index (χ0v) is 11.8. The molecule has 0 amide bonds. The predicted octanol–water partition coefficient (Wildman–Crippen LogP) is 2.95. The first-order chi connectivity index (χ1) is 9.31. The molecule has 0 saturated heterocycles. The maximum absolute atomic E-state index is 5.83. The first kappa shape index (κ1) is 12.5. The summed E-state index contributed by atoms with van der Waals surface area (Å²) in [4.78, 5) is 3.45. The van der Waals surface area contributed by atoms with Gasteiger partial charge in [0, 0.05) is 22.7 Å². The van der Waals surface area contributed by atoms with Crippen LogP contribution in [-0.4, -0.2) is 24.7 Å². The number of ether oxygens (including phenoxy) is 1. The lowest BCUT2D eigenvalue weighted by molar-refractivity contribution is 0.289. The van der Waals surface area contributed by atoms with E-state index in [1.54, 1.807) is 0 Å². The van der Waals surface area contributed by atoms with Gasteiger partial charge >= 0.3 is 0 Å². The minimum absolute atomic E-state index is 0.856. The summed E-state index contributed by atoms with van der Waals surface area (Å²) in [5, 5.41) is 4.81. The number of H-pyrrole nitrogens is 1. The Morgan fingerprint density at radius 1 is 1.42 bits per heavy atom. The summed E-state index contributed by atoms with van der Waals surface area (Å²) in [7, 11) is 0. The van der Waals surface area contributed by atoms with Crippen LogP contribution in [0.15, 0.2) is 12.3 Å². The van der Waals surface area contributed by atoms with Gasteiger partial charge in [0.2, 0.25) is 0 Å². The molecule has 0 fully saturated rings. The lowest BCUT2D eigenvalue weighted by atomic mass is 9.96. The van der Waals surface area contributed by atoms with Crippen molar-refractivity contribution in [2.75, 3.05) is 19.7 Å². The van der Waals surface area contributed by atoms with Crippen molar-refractivity contribution in [2.45, 2.75) is 33.1 Å². The molecule has 1 aromatic carbocycles. The molecule has 2 N–H and O–H groups in total. The summed E-state index contributed by atoms with van der Waals surface area (Å²) >= 11 is 0. The van der Waals surface area contributed by atoms with Crippen molar-refractivity contribution in [1.82, 2.24) is 10.3 Å². The molecule has 1 aromatic heterocycles. The number of hydrogen-bond donors (Lipinski definition) is 2. The minimum Gasteiger partial charge on any atom is -0.493 e. The molecule has 0 spiro atoms. The first-order valence-electron chi connectivity index (χ1n) is 7.27. The first-order valence-corrected chi connectivity index (χ1v) is 7.27. The molecule has 1 aliphatic rings. The molecule has 1 aliphatic heterocycles. The second-order valence-corrected chi connectivity index (χ2v) is 5.29. The average molecular weight is 258 g/mol.